The van der Waals surface area contributed by atoms with E-state index in [1.54, 1.807) is 25.1 Å². The zero-order valence-electron chi connectivity index (χ0n) is 18.1. The summed E-state index contributed by atoms with van der Waals surface area (Å²) in [6.07, 6.45) is 0. The van der Waals surface area contributed by atoms with E-state index in [9.17, 15) is 14.3 Å². The van der Waals surface area contributed by atoms with Crippen molar-refractivity contribution in [1.82, 2.24) is 9.80 Å². The lowest BCUT2D eigenvalue weighted by molar-refractivity contribution is -0.131. The van der Waals surface area contributed by atoms with Crippen LogP contribution >= 0.6 is 0 Å². The lowest BCUT2D eigenvalue weighted by Crippen LogP contribution is -2.40. The molecule has 1 fully saturated rings. The van der Waals surface area contributed by atoms with E-state index >= 15 is 0 Å². The van der Waals surface area contributed by atoms with Gasteiger partial charge in [0.15, 0.2) is 11.5 Å². The molecule has 0 radical (unpaired) electrons. The summed E-state index contributed by atoms with van der Waals surface area (Å²) in [5.41, 5.74) is 2.01. The number of halogens is 1. The third kappa shape index (κ3) is 5.11. The summed E-state index contributed by atoms with van der Waals surface area (Å²) in [6.45, 7) is 8.57. The highest BCUT2D eigenvalue weighted by atomic mass is 19.1. The van der Waals surface area contributed by atoms with Crippen LogP contribution in [0.2, 0.25) is 0 Å². The number of methoxy groups -OCH3 is 1. The Morgan fingerprint density at radius 2 is 2.03 bits per heavy atom. The number of hydrogen-bond donors (Lipinski definition) is 1. The molecule has 0 bridgehead atoms. The molecule has 162 valence electrons. The van der Waals surface area contributed by atoms with Gasteiger partial charge in [-0.05, 0) is 55.2 Å². The second-order valence-corrected chi connectivity index (χ2v) is 8.39. The SMILES string of the molecule is COc1cc(CN2CC(CN(C(C)=O)C(C)C)C(c3cccc(F)c3)C2)ccc1O. The van der Waals surface area contributed by atoms with E-state index in [0.717, 1.165) is 24.2 Å². The molecule has 0 spiro atoms. The number of benzene rings is 2. The van der Waals surface area contributed by atoms with Crippen molar-refractivity contribution in [2.45, 2.75) is 39.3 Å². The first-order valence-corrected chi connectivity index (χ1v) is 10.4. The van der Waals surface area contributed by atoms with E-state index in [1.807, 2.05) is 36.9 Å². The van der Waals surface area contributed by atoms with Gasteiger partial charge in [-0.15, -0.1) is 0 Å². The maximum absolute atomic E-state index is 13.9. The fraction of sp³-hybridized carbons (Fsp3) is 0.458. The Balaban J connectivity index is 1.83. The average molecular weight is 415 g/mol. The number of nitrogens with zero attached hydrogens (tertiary/aromatic N) is 2. The number of carbonyl (C=O) groups is 1. The lowest BCUT2D eigenvalue weighted by Gasteiger charge is -2.30. The van der Waals surface area contributed by atoms with Crippen LogP contribution in [-0.4, -0.2) is 53.6 Å². The Labute approximate surface area is 178 Å². The molecule has 30 heavy (non-hydrogen) atoms. The van der Waals surface area contributed by atoms with E-state index in [0.29, 0.717) is 18.8 Å². The average Bonchev–Trinajstić information content (AvgIpc) is 3.09. The molecular weight excluding hydrogens is 383 g/mol. The largest absolute Gasteiger partial charge is 0.504 e. The molecule has 1 N–H and O–H groups in total. The molecule has 5 nitrogen and oxygen atoms in total. The number of likely N-dealkylation sites (tertiary alicyclic amines) is 1. The zero-order chi connectivity index (χ0) is 21.8. The van der Waals surface area contributed by atoms with Gasteiger partial charge in [-0.25, -0.2) is 4.39 Å². The monoisotopic (exact) mass is 414 g/mol. The summed E-state index contributed by atoms with van der Waals surface area (Å²) in [5.74, 6) is 0.738. The Morgan fingerprint density at radius 3 is 2.67 bits per heavy atom. The molecule has 1 amide bonds. The lowest BCUT2D eigenvalue weighted by atomic mass is 9.88. The van der Waals surface area contributed by atoms with Gasteiger partial charge >= 0.3 is 0 Å². The Bertz CT molecular complexity index is 887. The van der Waals surface area contributed by atoms with Crippen molar-refractivity contribution in [2.75, 3.05) is 26.7 Å². The summed E-state index contributed by atoms with van der Waals surface area (Å²) in [4.78, 5) is 16.4. The molecule has 3 rings (SSSR count). The molecule has 0 aliphatic carbocycles. The Hall–Kier alpha value is -2.60. The van der Waals surface area contributed by atoms with Crippen molar-refractivity contribution < 1.29 is 19.0 Å². The standard InChI is InChI=1S/C24H31FN2O3/c1-16(2)27(17(3)28)14-20-13-26(12-18-8-9-23(29)24(10-18)30-4)15-22(20)19-6-5-7-21(25)11-19/h5-11,16,20,22,29H,12-15H2,1-4H3. The van der Waals surface area contributed by atoms with E-state index in [1.165, 1.54) is 13.2 Å². The highest BCUT2D eigenvalue weighted by molar-refractivity contribution is 5.73. The van der Waals surface area contributed by atoms with Crippen LogP contribution in [0, 0.1) is 11.7 Å². The molecule has 2 aromatic carbocycles. The quantitative estimate of drug-likeness (QED) is 0.744. The molecule has 0 saturated carbocycles. The summed E-state index contributed by atoms with van der Waals surface area (Å²) in [5, 5.41) is 9.85. The number of carbonyl (C=O) groups excluding carboxylic acids is 1. The molecule has 1 aliphatic heterocycles. The molecule has 6 heteroatoms. The van der Waals surface area contributed by atoms with Crippen molar-refractivity contribution in [1.29, 1.82) is 0 Å². The van der Waals surface area contributed by atoms with E-state index < -0.39 is 0 Å². The predicted molar refractivity (Wildman–Crippen MR) is 115 cm³/mol. The number of phenolic OH excluding ortho intramolecular Hbond substituents is 1. The number of phenols is 1. The number of amides is 1. The molecule has 2 atom stereocenters. The van der Waals surface area contributed by atoms with Gasteiger partial charge in [0.05, 0.1) is 7.11 Å². The van der Waals surface area contributed by atoms with Crippen LogP contribution in [-0.2, 0) is 11.3 Å². The third-order valence-corrected chi connectivity index (χ3v) is 5.90. The molecule has 1 heterocycles. The van der Waals surface area contributed by atoms with Gasteiger partial charge in [0.2, 0.25) is 5.91 Å². The molecule has 2 unspecified atom stereocenters. The van der Waals surface area contributed by atoms with Gasteiger partial charge in [0.1, 0.15) is 5.82 Å². The van der Waals surface area contributed by atoms with Crippen LogP contribution in [0.15, 0.2) is 42.5 Å². The second kappa shape index (κ2) is 9.47. The Kier molecular flexibility index (Phi) is 6.98. The van der Waals surface area contributed by atoms with Gasteiger partial charge < -0.3 is 14.7 Å². The maximum Gasteiger partial charge on any atom is 0.219 e. The fourth-order valence-corrected chi connectivity index (χ4v) is 4.42. The van der Waals surface area contributed by atoms with Gasteiger partial charge in [0.25, 0.3) is 0 Å². The number of rotatable bonds is 7. The number of aromatic hydroxyl groups is 1. The highest BCUT2D eigenvalue weighted by Gasteiger charge is 2.36. The topological polar surface area (TPSA) is 53.0 Å². The van der Waals surface area contributed by atoms with Gasteiger partial charge in [-0.2, -0.15) is 0 Å². The van der Waals surface area contributed by atoms with Crippen LogP contribution in [0.1, 0.15) is 37.8 Å². The van der Waals surface area contributed by atoms with Gasteiger partial charge in [0, 0.05) is 45.1 Å². The Morgan fingerprint density at radius 1 is 1.27 bits per heavy atom. The van der Waals surface area contributed by atoms with Crippen molar-refractivity contribution in [3.63, 3.8) is 0 Å². The molecule has 1 aliphatic rings. The smallest absolute Gasteiger partial charge is 0.219 e. The zero-order valence-corrected chi connectivity index (χ0v) is 18.1. The summed E-state index contributed by atoms with van der Waals surface area (Å²) >= 11 is 0. The van der Waals surface area contributed by atoms with Crippen molar-refractivity contribution >= 4 is 5.91 Å². The van der Waals surface area contributed by atoms with E-state index in [4.69, 9.17) is 4.74 Å². The first-order chi connectivity index (χ1) is 14.3. The highest BCUT2D eigenvalue weighted by Crippen LogP contribution is 2.35. The number of ether oxygens (including phenoxy) is 1. The van der Waals surface area contributed by atoms with Crippen molar-refractivity contribution in [3.8, 4) is 11.5 Å². The third-order valence-electron chi connectivity index (χ3n) is 5.90. The minimum Gasteiger partial charge on any atom is -0.504 e. The summed E-state index contributed by atoms with van der Waals surface area (Å²) in [6, 6.07) is 12.3. The van der Waals surface area contributed by atoms with Crippen molar-refractivity contribution in [3.05, 3.63) is 59.4 Å². The summed E-state index contributed by atoms with van der Waals surface area (Å²) in [7, 11) is 1.53. The minimum absolute atomic E-state index is 0.0599. The van der Waals surface area contributed by atoms with Crippen LogP contribution in [0.4, 0.5) is 4.39 Å². The number of hydrogen-bond acceptors (Lipinski definition) is 4. The van der Waals surface area contributed by atoms with Crippen LogP contribution < -0.4 is 4.74 Å². The summed E-state index contributed by atoms with van der Waals surface area (Å²) < 4.78 is 19.1. The van der Waals surface area contributed by atoms with Crippen LogP contribution in [0.25, 0.3) is 0 Å². The second-order valence-electron chi connectivity index (χ2n) is 8.39. The van der Waals surface area contributed by atoms with Crippen LogP contribution in [0.3, 0.4) is 0 Å². The first-order valence-electron chi connectivity index (χ1n) is 10.4. The molecule has 1 saturated heterocycles. The minimum atomic E-state index is -0.236. The van der Waals surface area contributed by atoms with Gasteiger partial charge in [-0.3, -0.25) is 9.69 Å². The van der Waals surface area contributed by atoms with E-state index in [2.05, 4.69) is 4.90 Å². The first kappa shape index (κ1) is 22.1. The fourth-order valence-electron chi connectivity index (χ4n) is 4.42. The predicted octanol–water partition coefficient (Wildman–Crippen LogP) is 4.01. The van der Waals surface area contributed by atoms with Crippen molar-refractivity contribution in [2.24, 2.45) is 5.92 Å². The van der Waals surface area contributed by atoms with Crippen LogP contribution in [0.5, 0.6) is 11.5 Å². The molecule has 0 aromatic heterocycles. The van der Waals surface area contributed by atoms with E-state index in [-0.39, 0.29) is 35.4 Å². The normalized spacial score (nSPS) is 19.3. The maximum atomic E-state index is 13.9. The van der Waals surface area contributed by atoms with Gasteiger partial charge in [-0.1, -0.05) is 18.2 Å². The molecule has 2 aromatic rings. The molecular formula is C24H31FN2O3.